The van der Waals surface area contributed by atoms with Crippen molar-refractivity contribution in [3.05, 3.63) is 29.5 Å². The Morgan fingerprint density at radius 2 is 2.00 bits per heavy atom. The minimum atomic E-state index is -0.174. The number of nitrogens with zero attached hydrogens (tertiary/aromatic N) is 2. The van der Waals surface area contributed by atoms with Crippen LogP contribution in [0.25, 0.3) is 11.0 Å². The predicted octanol–water partition coefficient (Wildman–Crippen LogP) is 2.75. The molecule has 0 spiro atoms. The van der Waals surface area contributed by atoms with Crippen molar-refractivity contribution in [1.29, 1.82) is 0 Å². The Balaban J connectivity index is 1.96. The highest BCUT2D eigenvalue weighted by Gasteiger charge is 2.20. The van der Waals surface area contributed by atoms with Gasteiger partial charge < -0.3 is 24.3 Å². The lowest BCUT2D eigenvalue weighted by Crippen LogP contribution is -2.41. The molecule has 0 bridgehead atoms. The van der Waals surface area contributed by atoms with Crippen LogP contribution in [-0.4, -0.2) is 69.6 Å². The van der Waals surface area contributed by atoms with Crippen molar-refractivity contribution >= 4 is 16.9 Å². The van der Waals surface area contributed by atoms with Crippen LogP contribution < -0.4 is 10.1 Å². The van der Waals surface area contributed by atoms with E-state index in [-0.39, 0.29) is 11.9 Å². The van der Waals surface area contributed by atoms with Crippen LogP contribution in [-0.2, 0) is 0 Å². The molecule has 1 aromatic carbocycles. The van der Waals surface area contributed by atoms with Crippen molar-refractivity contribution in [2.24, 2.45) is 0 Å². The molecule has 1 aromatic heterocycles. The standard InChI is InChI=1S/C20H31N3O3/c1-14(13-23(5)11-7-10-22(3)4)21-20(24)19-15(2)17-12-16(25-6)8-9-18(17)26-19/h8-9,12,14H,7,10-11,13H2,1-6H3,(H,21,24)/t14-/m0/s1. The Morgan fingerprint density at radius 1 is 1.27 bits per heavy atom. The summed E-state index contributed by atoms with van der Waals surface area (Å²) in [6.07, 6.45) is 1.11. The fraction of sp³-hybridized carbons (Fsp3) is 0.550. The topological polar surface area (TPSA) is 58.0 Å². The number of nitrogens with one attached hydrogen (secondary N) is 1. The maximum atomic E-state index is 12.6. The van der Waals surface area contributed by atoms with Gasteiger partial charge in [0, 0.05) is 23.5 Å². The molecule has 2 aromatic rings. The normalized spacial score (nSPS) is 12.8. The number of ether oxygens (including phenoxy) is 1. The first-order valence-corrected chi connectivity index (χ1v) is 9.03. The second kappa shape index (κ2) is 9.05. The van der Waals surface area contributed by atoms with E-state index < -0.39 is 0 Å². The average molecular weight is 361 g/mol. The molecule has 0 saturated carbocycles. The van der Waals surface area contributed by atoms with Crippen molar-refractivity contribution in [2.45, 2.75) is 26.3 Å². The monoisotopic (exact) mass is 361 g/mol. The number of hydrogen-bond acceptors (Lipinski definition) is 5. The quantitative estimate of drug-likeness (QED) is 0.744. The van der Waals surface area contributed by atoms with E-state index in [1.54, 1.807) is 7.11 Å². The van der Waals surface area contributed by atoms with Crippen LogP contribution in [0.4, 0.5) is 0 Å². The smallest absolute Gasteiger partial charge is 0.287 e. The summed E-state index contributed by atoms with van der Waals surface area (Å²) in [5.74, 6) is 0.947. The van der Waals surface area contributed by atoms with Gasteiger partial charge in [-0.1, -0.05) is 0 Å². The molecule has 1 atom stereocenters. The van der Waals surface area contributed by atoms with Gasteiger partial charge in [0.05, 0.1) is 7.11 Å². The van der Waals surface area contributed by atoms with Crippen molar-refractivity contribution in [3.8, 4) is 5.75 Å². The molecule has 0 unspecified atom stereocenters. The number of amides is 1. The molecule has 26 heavy (non-hydrogen) atoms. The number of furan rings is 1. The molecule has 0 aliphatic rings. The highest BCUT2D eigenvalue weighted by molar-refractivity contribution is 5.99. The van der Waals surface area contributed by atoms with Gasteiger partial charge in [-0.25, -0.2) is 0 Å². The van der Waals surface area contributed by atoms with Crippen molar-refractivity contribution < 1.29 is 13.9 Å². The van der Waals surface area contributed by atoms with Crippen molar-refractivity contribution in [3.63, 3.8) is 0 Å². The molecule has 0 aliphatic carbocycles. The lowest BCUT2D eigenvalue weighted by atomic mass is 10.1. The van der Waals surface area contributed by atoms with Crippen LogP contribution in [0.5, 0.6) is 5.75 Å². The van der Waals surface area contributed by atoms with Gasteiger partial charge in [0.1, 0.15) is 11.3 Å². The molecule has 144 valence electrons. The predicted molar refractivity (Wildman–Crippen MR) is 105 cm³/mol. The second-order valence-electron chi connectivity index (χ2n) is 7.21. The number of benzene rings is 1. The Morgan fingerprint density at radius 3 is 2.65 bits per heavy atom. The van der Waals surface area contributed by atoms with Gasteiger partial charge in [0.15, 0.2) is 5.76 Å². The first kappa shape index (κ1) is 20.3. The number of carbonyl (C=O) groups excluding carboxylic acids is 1. The van der Waals surface area contributed by atoms with Gasteiger partial charge in [-0.15, -0.1) is 0 Å². The van der Waals surface area contributed by atoms with E-state index in [4.69, 9.17) is 9.15 Å². The first-order valence-electron chi connectivity index (χ1n) is 9.03. The van der Waals surface area contributed by atoms with E-state index in [2.05, 4.69) is 36.3 Å². The first-order chi connectivity index (χ1) is 12.3. The third kappa shape index (κ3) is 5.22. The Labute approximate surface area is 156 Å². The largest absolute Gasteiger partial charge is 0.497 e. The molecule has 1 amide bonds. The van der Waals surface area contributed by atoms with Crippen molar-refractivity contribution in [1.82, 2.24) is 15.1 Å². The summed E-state index contributed by atoms with van der Waals surface area (Å²) in [7, 11) is 7.86. The molecular weight excluding hydrogens is 330 g/mol. The van der Waals surface area contributed by atoms with E-state index in [0.717, 1.165) is 42.8 Å². The lowest BCUT2D eigenvalue weighted by molar-refractivity contribution is 0.0905. The number of aryl methyl sites for hydroxylation is 1. The zero-order chi connectivity index (χ0) is 19.3. The Kier molecular flexibility index (Phi) is 7.06. The van der Waals surface area contributed by atoms with E-state index in [1.165, 1.54) is 0 Å². The summed E-state index contributed by atoms with van der Waals surface area (Å²) >= 11 is 0. The minimum absolute atomic E-state index is 0.0361. The number of carbonyl (C=O) groups is 1. The van der Waals surface area contributed by atoms with Gasteiger partial charge in [0.2, 0.25) is 0 Å². The van der Waals surface area contributed by atoms with Gasteiger partial charge in [-0.05, 0) is 72.7 Å². The minimum Gasteiger partial charge on any atom is -0.497 e. The summed E-state index contributed by atoms with van der Waals surface area (Å²) < 4.78 is 11.0. The summed E-state index contributed by atoms with van der Waals surface area (Å²) in [6, 6.07) is 5.60. The van der Waals surface area contributed by atoms with E-state index in [1.807, 2.05) is 32.0 Å². The summed E-state index contributed by atoms with van der Waals surface area (Å²) in [5.41, 5.74) is 1.53. The highest BCUT2D eigenvalue weighted by atomic mass is 16.5. The van der Waals surface area contributed by atoms with Crippen LogP contribution in [0.2, 0.25) is 0 Å². The zero-order valence-electron chi connectivity index (χ0n) is 16.8. The molecule has 0 fully saturated rings. The number of methoxy groups -OCH3 is 1. The van der Waals surface area contributed by atoms with Crippen LogP contribution in [0.3, 0.4) is 0 Å². The van der Waals surface area contributed by atoms with Crippen LogP contribution in [0, 0.1) is 6.92 Å². The van der Waals surface area contributed by atoms with Gasteiger partial charge in [-0.2, -0.15) is 0 Å². The molecule has 1 N–H and O–H groups in total. The molecule has 0 radical (unpaired) electrons. The number of likely N-dealkylation sites (N-methyl/N-ethyl adjacent to an activating group) is 1. The lowest BCUT2D eigenvalue weighted by Gasteiger charge is -2.22. The SMILES string of the molecule is COc1ccc2oc(C(=O)N[C@@H](C)CN(C)CCCN(C)C)c(C)c2c1. The van der Waals surface area contributed by atoms with Crippen LogP contribution >= 0.6 is 0 Å². The van der Waals surface area contributed by atoms with Gasteiger partial charge in [0.25, 0.3) is 5.91 Å². The van der Waals surface area contributed by atoms with Gasteiger partial charge >= 0.3 is 0 Å². The highest BCUT2D eigenvalue weighted by Crippen LogP contribution is 2.28. The fourth-order valence-electron chi connectivity index (χ4n) is 3.09. The zero-order valence-corrected chi connectivity index (χ0v) is 16.8. The summed E-state index contributed by atoms with van der Waals surface area (Å²) in [4.78, 5) is 17.0. The molecule has 2 rings (SSSR count). The fourth-order valence-corrected chi connectivity index (χ4v) is 3.09. The van der Waals surface area contributed by atoms with E-state index >= 15 is 0 Å². The third-order valence-electron chi connectivity index (χ3n) is 4.46. The third-order valence-corrected chi connectivity index (χ3v) is 4.46. The van der Waals surface area contributed by atoms with E-state index in [9.17, 15) is 4.79 Å². The number of rotatable bonds is 9. The maximum absolute atomic E-state index is 12.6. The van der Waals surface area contributed by atoms with Crippen molar-refractivity contribution in [2.75, 3.05) is 47.9 Å². The van der Waals surface area contributed by atoms with Crippen LogP contribution in [0.1, 0.15) is 29.5 Å². The van der Waals surface area contributed by atoms with E-state index in [0.29, 0.717) is 11.3 Å². The second-order valence-corrected chi connectivity index (χ2v) is 7.21. The molecular formula is C20H31N3O3. The summed E-state index contributed by atoms with van der Waals surface area (Å²) in [6.45, 7) is 6.78. The molecule has 1 heterocycles. The Bertz CT molecular complexity index is 739. The number of fused-ring (bicyclic) bond motifs is 1. The van der Waals surface area contributed by atoms with Crippen LogP contribution in [0.15, 0.2) is 22.6 Å². The number of hydrogen-bond donors (Lipinski definition) is 1. The van der Waals surface area contributed by atoms with Gasteiger partial charge in [-0.3, -0.25) is 4.79 Å². The Hall–Kier alpha value is -2.05. The molecule has 0 saturated heterocycles. The molecule has 0 aliphatic heterocycles. The molecule has 6 heteroatoms. The summed E-state index contributed by atoms with van der Waals surface area (Å²) in [5, 5.41) is 3.95. The molecule has 6 nitrogen and oxygen atoms in total. The maximum Gasteiger partial charge on any atom is 0.287 e. The average Bonchev–Trinajstić information content (AvgIpc) is 2.90.